The molecule has 0 aliphatic heterocycles. The van der Waals surface area contributed by atoms with Gasteiger partial charge in [0.25, 0.3) is 0 Å². The first-order chi connectivity index (χ1) is 7.61. The molecule has 0 radical (unpaired) electrons. The average molecular weight is 236 g/mol. The van der Waals surface area contributed by atoms with Gasteiger partial charge >= 0.3 is 5.97 Å². The van der Waals surface area contributed by atoms with Crippen LogP contribution in [0.4, 0.5) is 4.39 Å². The number of rotatable bonds is 2. The van der Waals surface area contributed by atoms with Gasteiger partial charge in [-0.25, -0.2) is 9.18 Å². The fourth-order valence-corrected chi connectivity index (χ4v) is 2.34. The molecule has 0 fully saturated rings. The highest BCUT2D eigenvalue weighted by atomic mass is 32.1. The molecule has 0 aliphatic rings. The molecular formula is C12H9FO2S. The highest BCUT2D eigenvalue weighted by molar-refractivity contribution is 7.10. The number of halogens is 1. The number of hydrogen-bond donors (Lipinski definition) is 1. The van der Waals surface area contributed by atoms with Crippen LogP contribution in [-0.2, 0) is 0 Å². The smallest absolute Gasteiger partial charge is 0.339 e. The van der Waals surface area contributed by atoms with Gasteiger partial charge < -0.3 is 5.11 Å². The fraction of sp³-hybridized carbons (Fsp3) is 0.0833. The van der Waals surface area contributed by atoms with Gasteiger partial charge in [0.1, 0.15) is 11.4 Å². The molecule has 2 nitrogen and oxygen atoms in total. The van der Waals surface area contributed by atoms with Crippen LogP contribution in [0.3, 0.4) is 0 Å². The van der Waals surface area contributed by atoms with Crippen LogP contribution in [0.2, 0.25) is 0 Å². The van der Waals surface area contributed by atoms with Crippen LogP contribution in [0.25, 0.3) is 11.1 Å². The van der Waals surface area contributed by atoms with Crippen LogP contribution in [0.5, 0.6) is 0 Å². The summed E-state index contributed by atoms with van der Waals surface area (Å²) in [5.74, 6) is -1.94. The van der Waals surface area contributed by atoms with Gasteiger partial charge in [0.15, 0.2) is 0 Å². The van der Waals surface area contributed by atoms with Crippen LogP contribution in [0.15, 0.2) is 29.6 Å². The Bertz CT molecular complexity index is 546. The number of aryl methyl sites for hydroxylation is 1. The van der Waals surface area contributed by atoms with E-state index in [0.29, 0.717) is 5.56 Å². The van der Waals surface area contributed by atoms with E-state index in [4.69, 9.17) is 5.11 Å². The first-order valence-corrected chi connectivity index (χ1v) is 5.55. The highest BCUT2D eigenvalue weighted by Crippen LogP contribution is 2.31. The number of aromatic carboxylic acids is 1. The summed E-state index contributed by atoms with van der Waals surface area (Å²) in [4.78, 5) is 12.0. The molecule has 2 rings (SSSR count). The van der Waals surface area contributed by atoms with Crippen molar-refractivity contribution in [2.75, 3.05) is 0 Å². The molecule has 0 spiro atoms. The standard InChI is InChI=1S/C12H9FO2S/c1-7-8(5-6-16-7)9-3-2-4-10(13)11(9)12(14)15/h2-6H,1H3,(H,14,15). The zero-order chi connectivity index (χ0) is 11.7. The van der Waals surface area contributed by atoms with E-state index in [9.17, 15) is 9.18 Å². The van der Waals surface area contributed by atoms with Crippen molar-refractivity contribution in [2.24, 2.45) is 0 Å². The Morgan fingerprint density at radius 1 is 1.31 bits per heavy atom. The highest BCUT2D eigenvalue weighted by Gasteiger charge is 2.17. The summed E-state index contributed by atoms with van der Waals surface area (Å²) in [6.45, 7) is 1.89. The lowest BCUT2D eigenvalue weighted by atomic mass is 10.00. The lowest BCUT2D eigenvalue weighted by molar-refractivity contribution is 0.0693. The second-order valence-electron chi connectivity index (χ2n) is 3.36. The van der Waals surface area contributed by atoms with Gasteiger partial charge in [-0.1, -0.05) is 12.1 Å². The number of benzene rings is 1. The molecule has 1 N–H and O–H groups in total. The first kappa shape index (κ1) is 10.8. The van der Waals surface area contributed by atoms with Crippen molar-refractivity contribution in [3.63, 3.8) is 0 Å². The fourth-order valence-electron chi connectivity index (χ4n) is 1.63. The first-order valence-electron chi connectivity index (χ1n) is 4.67. The molecule has 0 unspecified atom stereocenters. The van der Waals surface area contributed by atoms with Crippen LogP contribution < -0.4 is 0 Å². The maximum absolute atomic E-state index is 13.4. The predicted octanol–water partition coefficient (Wildman–Crippen LogP) is 3.56. The monoisotopic (exact) mass is 236 g/mol. The Kier molecular flexibility index (Phi) is 2.75. The quantitative estimate of drug-likeness (QED) is 0.865. The molecule has 0 amide bonds. The van der Waals surface area contributed by atoms with Crippen molar-refractivity contribution in [2.45, 2.75) is 6.92 Å². The molecule has 1 heterocycles. The van der Waals surface area contributed by atoms with Crippen LogP contribution >= 0.6 is 11.3 Å². The topological polar surface area (TPSA) is 37.3 Å². The lowest BCUT2D eigenvalue weighted by Crippen LogP contribution is -2.03. The summed E-state index contributed by atoms with van der Waals surface area (Å²) in [6, 6.07) is 6.12. The maximum atomic E-state index is 13.4. The molecule has 0 saturated carbocycles. The maximum Gasteiger partial charge on any atom is 0.339 e. The minimum atomic E-state index is -1.24. The third-order valence-corrected chi connectivity index (χ3v) is 3.22. The van der Waals surface area contributed by atoms with E-state index in [-0.39, 0.29) is 5.56 Å². The molecule has 1 aromatic carbocycles. The predicted molar refractivity (Wildman–Crippen MR) is 61.4 cm³/mol. The van der Waals surface area contributed by atoms with Crippen LogP contribution in [0.1, 0.15) is 15.2 Å². The van der Waals surface area contributed by atoms with E-state index in [1.807, 2.05) is 12.3 Å². The minimum Gasteiger partial charge on any atom is -0.478 e. The summed E-state index contributed by atoms with van der Waals surface area (Å²) in [6.07, 6.45) is 0. The SMILES string of the molecule is Cc1sccc1-c1cccc(F)c1C(=O)O. The van der Waals surface area contributed by atoms with Gasteiger partial charge in [-0.15, -0.1) is 11.3 Å². The van der Waals surface area contributed by atoms with Crippen molar-refractivity contribution in [1.82, 2.24) is 0 Å². The second kappa shape index (κ2) is 4.06. The van der Waals surface area contributed by atoms with E-state index in [2.05, 4.69) is 0 Å². The van der Waals surface area contributed by atoms with Gasteiger partial charge in [0, 0.05) is 10.4 Å². The van der Waals surface area contributed by atoms with Crippen LogP contribution in [-0.4, -0.2) is 11.1 Å². The lowest BCUT2D eigenvalue weighted by Gasteiger charge is -2.06. The van der Waals surface area contributed by atoms with Crippen molar-refractivity contribution < 1.29 is 14.3 Å². The Labute approximate surface area is 96.0 Å². The van der Waals surface area contributed by atoms with Crippen molar-refractivity contribution in [3.05, 3.63) is 45.9 Å². The molecule has 82 valence electrons. The Balaban J connectivity index is 2.70. The number of carbonyl (C=O) groups is 1. The second-order valence-corrected chi connectivity index (χ2v) is 4.48. The Hall–Kier alpha value is -1.68. The van der Waals surface area contributed by atoms with Gasteiger partial charge in [-0.3, -0.25) is 0 Å². The van der Waals surface area contributed by atoms with Crippen molar-refractivity contribution >= 4 is 17.3 Å². The van der Waals surface area contributed by atoms with Crippen molar-refractivity contribution in [1.29, 1.82) is 0 Å². The van der Waals surface area contributed by atoms with E-state index in [0.717, 1.165) is 16.5 Å². The number of carboxylic acid groups (broad SMARTS) is 1. The molecule has 0 atom stereocenters. The van der Waals surface area contributed by atoms with Gasteiger partial charge in [-0.05, 0) is 30.0 Å². The Morgan fingerprint density at radius 2 is 2.06 bits per heavy atom. The Morgan fingerprint density at radius 3 is 2.62 bits per heavy atom. The number of thiophene rings is 1. The average Bonchev–Trinajstić information content (AvgIpc) is 2.63. The molecule has 0 bridgehead atoms. The largest absolute Gasteiger partial charge is 0.478 e. The molecular weight excluding hydrogens is 227 g/mol. The van der Waals surface area contributed by atoms with Gasteiger partial charge in [0.05, 0.1) is 0 Å². The van der Waals surface area contributed by atoms with Gasteiger partial charge in [-0.2, -0.15) is 0 Å². The summed E-state index contributed by atoms with van der Waals surface area (Å²) >= 11 is 1.51. The minimum absolute atomic E-state index is 0.260. The van der Waals surface area contributed by atoms with E-state index in [1.54, 1.807) is 12.1 Å². The zero-order valence-electron chi connectivity index (χ0n) is 8.53. The summed E-state index contributed by atoms with van der Waals surface area (Å²) in [7, 11) is 0. The molecule has 4 heteroatoms. The molecule has 16 heavy (non-hydrogen) atoms. The van der Waals surface area contributed by atoms with Crippen LogP contribution in [0, 0.1) is 12.7 Å². The summed E-state index contributed by atoms with van der Waals surface area (Å²) in [5, 5.41) is 10.9. The molecule has 0 saturated heterocycles. The number of carboxylic acids is 1. The summed E-state index contributed by atoms with van der Waals surface area (Å²) in [5.41, 5.74) is 0.956. The summed E-state index contributed by atoms with van der Waals surface area (Å²) < 4.78 is 13.4. The third kappa shape index (κ3) is 1.72. The van der Waals surface area contributed by atoms with E-state index >= 15 is 0 Å². The van der Waals surface area contributed by atoms with Gasteiger partial charge in [0.2, 0.25) is 0 Å². The molecule has 1 aromatic heterocycles. The van der Waals surface area contributed by atoms with E-state index < -0.39 is 11.8 Å². The van der Waals surface area contributed by atoms with E-state index in [1.165, 1.54) is 17.4 Å². The normalized spacial score (nSPS) is 10.4. The third-order valence-electron chi connectivity index (χ3n) is 2.38. The molecule has 0 aliphatic carbocycles. The molecule has 2 aromatic rings. The zero-order valence-corrected chi connectivity index (χ0v) is 9.34. The number of hydrogen-bond acceptors (Lipinski definition) is 2. The van der Waals surface area contributed by atoms with Crippen molar-refractivity contribution in [3.8, 4) is 11.1 Å².